The van der Waals surface area contributed by atoms with E-state index in [1.54, 1.807) is 0 Å². The van der Waals surface area contributed by atoms with E-state index in [-0.39, 0.29) is 16.9 Å². The lowest BCUT2D eigenvalue weighted by Crippen LogP contribution is -2.64. The Bertz CT molecular complexity index is 473. The fourth-order valence-corrected chi connectivity index (χ4v) is 7.37. The highest BCUT2D eigenvalue weighted by molar-refractivity contribution is 5.18. The summed E-state index contributed by atoms with van der Waals surface area (Å²) in [5, 5.41) is 10.4. The summed E-state index contributed by atoms with van der Waals surface area (Å²) in [6.45, 7) is 7.26. The maximum atomic E-state index is 11.0. The van der Waals surface area contributed by atoms with E-state index in [0.717, 1.165) is 32.2 Å². The Morgan fingerprint density at radius 1 is 1.04 bits per heavy atom. The Morgan fingerprint density at radius 2 is 1.52 bits per heavy atom. The van der Waals surface area contributed by atoms with Crippen LogP contribution in [0.5, 0.6) is 0 Å². The molecule has 3 atom stereocenters. The zero-order valence-corrected chi connectivity index (χ0v) is 14.9. The van der Waals surface area contributed by atoms with Crippen LogP contribution >= 0.6 is 0 Å². The van der Waals surface area contributed by atoms with Gasteiger partial charge in [-0.15, -0.1) is 10.1 Å². The van der Waals surface area contributed by atoms with Crippen molar-refractivity contribution >= 4 is 0 Å². The minimum atomic E-state index is -0.587. The molecule has 0 amide bonds. The van der Waals surface area contributed by atoms with Crippen LogP contribution in [-0.4, -0.2) is 17.7 Å². The zero-order chi connectivity index (χ0) is 16.9. The maximum Gasteiger partial charge on any atom is 0.294 e. The number of nitrogens with two attached hydrogens (primary N) is 1. The lowest BCUT2D eigenvalue weighted by atomic mass is 9.33. The van der Waals surface area contributed by atoms with E-state index in [9.17, 15) is 10.1 Å². The van der Waals surface area contributed by atoms with Crippen molar-refractivity contribution in [1.82, 2.24) is 0 Å². The molecule has 4 aliphatic rings. The first-order valence-corrected chi connectivity index (χ1v) is 9.28. The summed E-state index contributed by atoms with van der Waals surface area (Å²) in [6, 6.07) is 0. The first-order chi connectivity index (χ1) is 10.8. The van der Waals surface area contributed by atoms with Crippen LogP contribution in [0.1, 0.15) is 78.6 Å². The lowest BCUT2D eigenvalue weighted by Gasteiger charge is -2.72. The van der Waals surface area contributed by atoms with Gasteiger partial charge in [-0.25, -0.2) is 0 Å². The molecular formula is C18H32N2O3. The van der Waals surface area contributed by atoms with Crippen LogP contribution in [-0.2, 0) is 4.84 Å². The van der Waals surface area contributed by atoms with Crippen molar-refractivity contribution in [3.8, 4) is 0 Å². The Morgan fingerprint density at radius 3 is 1.96 bits per heavy atom. The summed E-state index contributed by atoms with van der Waals surface area (Å²) in [4.78, 5) is 16.1. The lowest BCUT2D eigenvalue weighted by molar-refractivity contribution is -0.772. The summed E-state index contributed by atoms with van der Waals surface area (Å²) >= 11 is 0. The second-order valence-electron chi connectivity index (χ2n) is 9.14. The highest BCUT2D eigenvalue weighted by Gasteiger charge is 2.68. The molecule has 2 N–H and O–H groups in total. The molecule has 23 heavy (non-hydrogen) atoms. The van der Waals surface area contributed by atoms with Crippen LogP contribution in [0.4, 0.5) is 0 Å². The fourth-order valence-electron chi connectivity index (χ4n) is 7.37. The van der Waals surface area contributed by atoms with Gasteiger partial charge in [0.15, 0.2) is 0 Å². The number of nitrogens with zero attached hydrogens (tertiary/aromatic N) is 1. The highest BCUT2D eigenvalue weighted by Crippen LogP contribution is 2.76. The molecule has 5 nitrogen and oxygen atoms in total. The van der Waals surface area contributed by atoms with Gasteiger partial charge in [0, 0.05) is 0 Å². The van der Waals surface area contributed by atoms with Crippen molar-refractivity contribution in [2.45, 2.75) is 84.7 Å². The van der Waals surface area contributed by atoms with Crippen LogP contribution in [0.15, 0.2) is 0 Å². The summed E-state index contributed by atoms with van der Waals surface area (Å²) in [5.74, 6) is 0. The number of hydrogen-bond acceptors (Lipinski definition) is 4. The third-order valence-electron chi connectivity index (χ3n) is 7.71. The molecule has 0 aromatic heterocycles. The summed E-state index contributed by atoms with van der Waals surface area (Å²) in [6.07, 6.45) is 10.2. The third-order valence-corrected chi connectivity index (χ3v) is 7.71. The minimum absolute atomic E-state index is 0.0387. The molecular weight excluding hydrogens is 292 g/mol. The molecule has 4 bridgehead atoms. The van der Waals surface area contributed by atoms with E-state index < -0.39 is 5.09 Å². The van der Waals surface area contributed by atoms with Crippen molar-refractivity contribution in [1.29, 1.82) is 0 Å². The minimum Gasteiger partial charge on any atom is -0.330 e. The molecule has 4 aliphatic carbocycles. The van der Waals surface area contributed by atoms with Gasteiger partial charge in [0.1, 0.15) is 6.10 Å². The second-order valence-corrected chi connectivity index (χ2v) is 9.14. The molecule has 0 aromatic rings. The van der Waals surface area contributed by atoms with Gasteiger partial charge in [0.2, 0.25) is 0 Å². The first kappa shape index (κ1) is 17.0. The Kier molecular flexibility index (Phi) is 3.94. The van der Waals surface area contributed by atoms with E-state index >= 15 is 0 Å². The van der Waals surface area contributed by atoms with Gasteiger partial charge in [0.05, 0.1) is 0 Å². The number of rotatable bonds is 7. The Balaban J connectivity index is 2.03. The van der Waals surface area contributed by atoms with Gasteiger partial charge in [-0.3, -0.25) is 0 Å². The monoisotopic (exact) mass is 324 g/mol. The second kappa shape index (κ2) is 5.33. The van der Waals surface area contributed by atoms with Crippen molar-refractivity contribution in [2.24, 2.45) is 27.4 Å². The molecule has 0 spiro atoms. The molecule has 0 aliphatic heterocycles. The van der Waals surface area contributed by atoms with Crippen LogP contribution < -0.4 is 5.73 Å². The van der Waals surface area contributed by atoms with E-state index in [2.05, 4.69) is 13.8 Å². The van der Waals surface area contributed by atoms with Crippen LogP contribution in [0, 0.1) is 31.8 Å². The average Bonchev–Trinajstić information content (AvgIpc) is 2.45. The van der Waals surface area contributed by atoms with Gasteiger partial charge < -0.3 is 10.6 Å². The predicted octanol–water partition coefficient (Wildman–Crippen LogP) is 4.08. The topological polar surface area (TPSA) is 78.4 Å². The molecule has 4 rings (SSSR count). The van der Waals surface area contributed by atoms with E-state index in [0.29, 0.717) is 10.8 Å². The smallest absolute Gasteiger partial charge is 0.294 e. The first-order valence-electron chi connectivity index (χ1n) is 9.28. The van der Waals surface area contributed by atoms with Gasteiger partial charge >= 0.3 is 0 Å². The average molecular weight is 324 g/mol. The van der Waals surface area contributed by atoms with Crippen molar-refractivity contribution < 1.29 is 9.92 Å². The highest BCUT2D eigenvalue weighted by atomic mass is 17.0. The summed E-state index contributed by atoms with van der Waals surface area (Å²) in [5.41, 5.74) is 6.91. The molecule has 132 valence electrons. The summed E-state index contributed by atoms with van der Waals surface area (Å²) < 4.78 is 0. The van der Waals surface area contributed by atoms with Crippen LogP contribution in [0.3, 0.4) is 0 Å². The standard InChI is InChI=1S/C18H32N2O3/c1-4-15-8-16(5-2)10-17(9-15,6-7-19)13-18(11-15,12-16)14(3)23-20(21)22/h14H,4-13,19H2,1-3H3. The van der Waals surface area contributed by atoms with Crippen molar-refractivity contribution in [3.63, 3.8) is 0 Å². The van der Waals surface area contributed by atoms with Crippen LogP contribution in [0.25, 0.3) is 0 Å². The molecule has 3 unspecified atom stereocenters. The van der Waals surface area contributed by atoms with E-state index in [1.165, 1.54) is 32.1 Å². The molecule has 4 saturated carbocycles. The van der Waals surface area contributed by atoms with Crippen molar-refractivity contribution in [3.05, 3.63) is 10.1 Å². The van der Waals surface area contributed by atoms with Crippen LogP contribution in [0.2, 0.25) is 0 Å². The summed E-state index contributed by atoms with van der Waals surface area (Å²) in [7, 11) is 0. The predicted molar refractivity (Wildman–Crippen MR) is 89.2 cm³/mol. The molecule has 0 radical (unpaired) electrons. The fraction of sp³-hybridized carbons (Fsp3) is 1.00. The Hall–Kier alpha value is -0.840. The SMILES string of the molecule is CCC12CC3(CC)CC(CCN)(C1)CC(C(C)O[N+](=O)[O-])(C2)C3. The van der Waals surface area contributed by atoms with Crippen molar-refractivity contribution in [2.75, 3.05) is 6.54 Å². The molecule has 0 aromatic carbocycles. The Labute approximate surface area is 139 Å². The molecule has 0 saturated heterocycles. The third kappa shape index (κ3) is 2.55. The molecule has 0 heterocycles. The number of hydrogen-bond donors (Lipinski definition) is 1. The van der Waals surface area contributed by atoms with Gasteiger partial charge in [-0.2, -0.15) is 0 Å². The normalized spacial score (nSPS) is 45.9. The van der Waals surface area contributed by atoms with E-state index in [1.807, 2.05) is 6.92 Å². The zero-order valence-electron chi connectivity index (χ0n) is 14.9. The molecule has 4 fully saturated rings. The van der Waals surface area contributed by atoms with Gasteiger partial charge in [0.25, 0.3) is 5.09 Å². The van der Waals surface area contributed by atoms with Gasteiger partial charge in [-0.05, 0) is 80.1 Å². The largest absolute Gasteiger partial charge is 0.330 e. The van der Waals surface area contributed by atoms with Gasteiger partial charge in [-0.1, -0.05) is 26.7 Å². The van der Waals surface area contributed by atoms with E-state index in [4.69, 9.17) is 10.6 Å². The molecule has 5 heteroatoms. The maximum absolute atomic E-state index is 11.0. The quantitative estimate of drug-likeness (QED) is 0.565.